The molecule has 0 aliphatic rings. The van der Waals surface area contributed by atoms with Gasteiger partial charge < -0.3 is 9.30 Å². The van der Waals surface area contributed by atoms with Gasteiger partial charge in [0.25, 0.3) is 5.56 Å². The van der Waals surface area contributed by atoms with Gasteiger partial charge in [-0.05, 0) is 31.2 Å². The average Bonchev–Trinajstić information content (AvgIpc) is 2.51. The average molecular weight is 288 g/mol. The van der Waals surface area contributed by atoms with Gasteiger partial charge >= 0.3 is 5.69 Å². The first-order valence-corrected chi connectivity index (χ1v) is 6.33. The van der Waals surface area contributed by atoms with Crippen molar-refractivity contribution in [2.24, 2.45) is 14.1 Å². The van der Waals surface area contributed by atoms with Crippen LogP contribution in [0.1, 0.15) is 21.6 Å². The summed E-state index contributed by atoms with van der Waals surface area (Å²) in [6.45, 7) is 1.58. The molecule has 21 heavy (non-hydrogen) atoms. The lowest BCUT2D eigenvalue weighted by Gasteiger charge is -2.11. The summed E-state index contributed by atoms with van der Waals surface area (Å²) in [4.78, 5) is 36.5. The molecule has 6 heteroatoms. The van der Waals surface area contributed by atoms with Crippen LogP contribution in [0.3, 0.4) is 0 Å². The zero-order valence-corrected chi connectivity index (χ0v) is 12.3. The van der Waals surface area contributed by atoms with Gasteiger partial charge in [-0.25, -0.2) is 4.79 Å². The fourth-order valence-corrected chi connectivity index (χ4v) is 2.09. The zero-order chi connectivity index (χ0) is 15.7. The second-order valence-electron chi connectivity index (χ2n) is 4.72. The summed E-state index contributed by atoms with van der Waals surface area (Å²) in [6.07, 6.45) is 0. The van der Waals surface area contributed by atoms with E-state index in [0.717, 1.165) is 4.57 Å². The number of hydrogen-bond acceptors (Lipinski definition) is 4. The number of hydrogen-bond donors (Lipinski definition) is 0. The molecule has 0 unspecified atom stereocenters. The van der Waals surface area contributed by atoms with E-state index in [0.29, 0.717) is 17.0 Å². The van der Waals surface area contributed by atoms with Crippen molar-refractivity contribution < 1.29 is 9.53 Å². The summed E-state index contributed by atoms with van der Waals surface area (Å²) in [5.41, 5.74) is -0.316. The van der Waals surface area contributed by atoms with Gasteiger partial charge in [0.15, 0.2) is 5.78 Å². The van der Waals surface area contributed by atoms with Crippen molar-refractivity contribution in [3.8, 4) is 5.75 Å². The predicted molar refractivity (Wildman–Crippen MR) is 78.1 cm³/mol. The number of benzene rings is 1. The number of ketones is 1. The number of rotatable bonds is 3. The predicted octanol–water partition coefficient (Wildman–Crippen LogP) is 0.632. The molecule has 1 aromatic carbocycles. The van der Waals surface area contributed by atoms with Gasteiger partial charge in [0.2, 0.25) is 0 Å². The summed E-state index contributed by atoms with van der Waals surface area (Å²) in [6, 6.07) is 6.47. The van der Waals surface area contributed by atoms with Gasteiger partial charge in [-0.3, -0.25) is 14.2 Å². The molecule has 2 aromatic rings. The topological polar surface area (TPSA) is 70.3 Å². The molecule has 0 radical (unpaired) electrons. The lowest BCUT2D eigenvalue weighted by Crippen LogP contribution is -2.41. The van der Waals surface area contributed by atoms with Crippen LogP contribution in [-0.2, 0) is 14.1 Å². The summed E-state index contributed by atoms with van der Waals surface area (Å²) in [5.74, 6) is 0.211. The van der Waals surface area contributed by atoms with Crippen LogP contribution in [0.4, 0.5) is 0 Å². The minimum absolute atomic E-state index is 0.00441. The van der Waals surface area contributed by atoms with Crippen molar-refractivity contribution in [2.75, 3.05) is 7.11 Å². The molecule has 0 spiro atoms. The van der Waals surface area contributed by atoms with Gasteiger partial charge in [-0.2, -0.15) is 0 Å². The monoisotopic (exact) mass is 288 g/mol. The molecule has 0 amide bonds. The van der Waals surface area contributed by atoms with Gasteiger partial charge in [0, 0.05) is 25.4 Å². The van der Waals surface area contributed by atoms with Crippen molar-refractivity contribution in [3.63, 3.8) is 0 Å². The smallest absolute Gasteiger partial charge is 0.330 e. The van der Waals surface area contributed by atoms with Crippen LogP contribution in [0, 0.1) is 6.92 Å². The van der Waals surface area contributed by atoms with E-state index in [2.05, 4.69) is 0 Å². The van der Waals surface area contributed by atoms with E-state index >= 15 is 0 Å². The Hall–Kier alpha value is -2.63. The maximum atomic E-state index is 12.5. The van der Waals surface area contributed by atoms with E-state index in [1.807, 2.05) is 0 Å². The van der Waals surface area contributed by atoms with Gasteiger partial charge in [0.05, 0.1) is 7.11 Å². The quantitative estimate of drug-likeness (QED) is 0.777. The van der Waals surface area contributed by atoms with Crippen molar-refractivity contribution >= 4 is 5.78 Å². The minimum Gasteiger partial charge on any atom is -0.497 e. The molecule has 2 rings (SSSR count). The Morgan fingerprint density at radius 3 is 2.14 bits per heavy atom. The largest absolute Gasteiger partial charge is 0.497 e. The standard InChI is InChI=1S/C15H16N2O4/c1-9-12(14(19)17(3)15(20)16(9)2)13(18)10-5-7-11(21-4)8-6-10/h5-8H,1-4H3. The molecule has 1 heterocycles. The first-order chi connectivity index (χ1) is 9.88. The third-order valence-corrected chi connectivity index (χ3v) is 3.54. The SMILES string of the molecule is COc1ccc(C(=O)c2c(C)n(C)c(=O)n(C)c2=O)cc1. The van der Waals surface area contributed by atoms with E-state index in [9.17, 15) is 14.4 Å². The van der Waals surface area contributed by atoms with E-state index in [4.69, 9.17) is 4.74 Å². The van der Waals surface area contributed by atoms with Crippen LogP contribution in [0.25, 0.3) is 0 Å². The number of methoxy groups -OCH3 is 1. The first-order valence-electron chi connectivity index (χ1n) is 6.33. The highest BCUT2D eigenvalue weighted by Gasteiger charge is 2.20. The second kappa shape index (κ2) is 5.40. The van der Waals surface area contributed by atoms with Crippen LogP contribution in [-0.4, -0.2) is 22.0 Å². The third-order valence-electron chi connectivity index (χ3n) is 3.54. The van der Waals surface area contributed by atoms with Crippen molar-refractivity contribution in [2.45, 2.75) is 6.92 Å². The molecule has 0 fully saturated rings. The maximum Gasteiger partial charge on any atom is 0.330 e. The number of aromatic nitrogens is 2. The van der Waals surface area contributed by atoms with Gasteiger partial charge in [-0.1, -0.05) is 0 Å². The van der Waals surface area contributed by atoms with Crippen LogP contribution in [0.2, 0.25) is 0 Å². The van der Waals surface area contributed by atoms with E-state index in [1.165, 1.54) is 25.8 Å². The number of ether oxygens (including phenoxy) is 1. The number of nitrogens with zero attached hydrogens (tertiary/aromatic N) is 2. The second-order valence-corrected chi connectivity index (χ2v) is 4.72. The molecule has 0 bridgehead atoms. The highest BCUT2D eigenvalue weighted by atomic mass is 16.5. The van der Waals surface area contributed by atoms with Crippen molar-refractivity contribution in [3.05, 3.63) is 61.9 Å². The maximum absolute atomic E-state index is 12.5. The van der Waals surface area contributed by atoms with Crippen LogP contribution in [0.15, 0.2) is 33.9 Å². The Morgan fingerprint density at radius 1 is 1.05 bits per heavy atom. The molecule has 0 aliphatic heterocycles. The molecular weight excluding hydrogens is 272 g/mol. The Labute approximate surface area is 121 Å². The van der Waals surface area contributed by atoms with Crippen LogP contribution < -0.4 is 16.0 Å². The fourth-order valence-electron chi connectivity index (χ4n) is 2.09. The molecule has 110 valence electrons. The Bertz CT molecular complexity index is 813. The van der Waals surface area contributed by atoms with Crippen LogP contribution in [0.5, 0.6) is 5.75 Å². The number of carbonyl (C=O) groups excluding carboxylic acids is 1. The Morgan fingerprint density at radius 2 is 1.62 bits per heavy atom. The summed E-state index contributed by atoms with van der Waals surface area (Å²) in [7, 11) is 4.42. The molecule has 6 nitrogen and oxygen atoms in total. The number of carbonyl (C=O) groups is 1. The molecule has 0 atom stereocenters. The molecule has 0 saturated carbocycles. The van der Waals surface area contributed by atoms with Gasteiger partial charge in [-0.15, -0.1) is 0 Å². The molecule has 0 N–H and O–H groups in total. The summed E-state index contributed by atoms with van der Waals surface area (Å²) >= 11 is 0. The van der Waals surface area contributed by atoms with E-state index < -0.39 is 17.0 Å². The lowest BCUT2D eigenvalue weighted by atomic mass is 10.0. The molecular formula is C15H16N2O4. The first kappa shape index (κ1) is 14.8. The van der Waals surface area contributed by atoms with E-state index in [-0.39, 0.29) is 5.56 Å². The Kier molecular flexibility index (Phi) is 3.80. The lowest BCUT2D eigenvalue weighted by molar-refractivity contribution is 0.103. The summed E-state index contributed by atoms with van der Waals surface area (Å²) in [5, 5.41) is 0. The normalized spacial score (nSPS) is 10.5. The molecule has 1 aromatic heterocycles. The molecule has 0 aliphatic carbocycles. The van der Waals surface area contributed by atoms with Crippen LogP contribution >= 0.6 is 0 Å². The minimum atomic E-state index is -0.587. The highest BCUT2D eigenvalue weighted by Crippen LogP contribution is 2.14. The Balaban J connectivity index is 2.63. The van der Waals surface area contributed by atoms with Crippen molar-refractivity contribution in [1.82, 2.24) is 9.13 Å². The summed E-state index contributed by atoms with van der Waals surface area (Å²) < 4.78 is 7.26. The highest BCUT2D eigenvalue weighted by molar-refractivity contribution is 6.09. The molecule has 0 saturated heterocycles. The van der Waals surface area contributed by atoms with E-state index in [1.54, 1.807) is 31.2 Å². The fraction of sp³-hybridized carbons (Fsp3) is 0.267. The van der Waals surface area contributed by atoms with Gasteiger partial charge in [0.1, 0.15) is 11.3 Å². The van der Waals surface area contributed by atoms with Crippen molar-refractivity contribution in [1.29, 1.82) is 0 Å². The zero-order valence-electron chi connectivity index (χ0n) is 12.3. The third kappa shape index (κ3) is 2.40.